The monoisotopic (exact) mass is 351 g/mol. The van der Waals surface area contributed by atoms with Crippen LogP contribution in [0.15, 0.2) is 29.8 Å². The quantitative estimate of drug-likeness (QED) is 0.880. The molecule has 3 heterocycles. The SMILES string of the molecule is O=C(CCc1nc(-c2ccccn2)cs1)NC1CCS(=O)(=O)C1. The van der Waals surface area contributed by atoms with E-state index in [1.54, 1.807) is 6.20 Å². The molecule has 3 rings (SSSR count). The molecule has 0 bridgehead atoms. The second-order valence-electron chi connectivity index (χ2n) is 5.51. The minimum absolute atomic E-state index is 0.0554. The molecule has 23 heavy (non-hydrogen) atoms. The molecule has 2 aromatic rings. The Morgan fingerprint density at radius 2 is 2.22 bits per heavy atom. The zero-order valence-corrected chi connectivity index (χ0v) is 14.1. The molecule has 122 valence electrons. The first kappa shape index (κ1) is 16.1. The Morgan fingerprint density at radius 1 is 1.35 bits per heavy atom. The Labute approximate surface area is 138 Å². The van der Waals surface area contributed by atoms with Gasteiger partial charge in [0.1, 0.15) is 0 Å². The van der Waals surface area contributed by atoms with E-state index in [0.29, 0.717) is 19.3 Å². The van der Waals surface area contributed by atoms with Crippen molar-refractivity contribution in [2.24, 2.45) is 0 Å². The standard InChI is InChI=1S/C15H17N3O3S2/c19-14(17-11-6-8-23(20,21)10-11)4-5-15-18-13(9-22-15)12-3-1-2-7-16-12/h1-3,7,9,11H,4-6,8,10H2,(H,17,19). The van der Waals surface area contributed by atoms with E-state index in [9.17, 15) is 13.2 Å². The highest BCUT2D eigenvalue weighted by molar-refractivity contribution is 7.91. The highest BCUT2D eigenvalue weighted by Crippen LogP contribution is 2.20. The molecule has 0 aromatic carbocycles. The van der Waals surface area contributed by atoms with Crippen LogP contribution < -0.4 is 5.32 Å². The van der Waals surface area contributed by atoms with E-state index in [4.69, 9.17) is 0 Å². The van der Waals surface area contributed by atoms with Crippen LogP contribution in [0, 0.1) is 0 Å². The number of aryl methyl sites for hydroxylation is 1. The number of sulfone groups is 1. The van der Waals surface area contributed by atoms with Gasteiger partial charge >= 0.3 is 0 Å². The van der Waals surface area contributed by atoms with Crippen LogP contribution in [0.1, 0.15) is 17.8 Å². The number of nitrogens with zero attached hydrogens (tertiary/aromatic N) is 2. The number of rotatable bonds is 5. The maximum Gasteiger partial charge on any atom is 0.220 e. The number of amides is 1. The summed E-state index contributed by atoms with van der Waals surface area (Å²) in [6, 6.07) is 5.41. The van der Waals surface area contributed by atoms with Crippen molar-refractivity contribution in [1.29, 1.82) is 0 Å². The minimum atomic E-state index is -2.97. The fourth-order valence-electron chi connectivity index (χ4n) is 2.49. The van der Waals surface area contributed by atoms with E-state index in [2.05, 4.69) is 15.3 Å². The molecule has 1 unspecified atom stereocenters. The Bertz CT molecular complexity index is 787. The van der Waals surface area contributed by atoms with Crippen LogP contribution in [0.25, 0.3) is 11.4 Å². The van der Waals surface area contributed by atoms with Crippen LogP contribution in [-0.2, 0) is 21.1 Å². The molecule has 1 saturated heterocycles. The van der Waals surface area contributed by atoms with Crippen LogP contribution in [0.4, 0.5) is 0 Å². The van der Waals surface area contributed by atoms with Crippen LogP contribution in [0.5, 0.6) is 0 Å². The second-order valence-corrected chi connectivity index (χ2v) is 8.68. The lowest BCUT2D eigenvalue weighted by Crippen LogP contribution is -2.35. The van der Waals surface area contributed by atoms with E-state index >= 15 is 0 Å². The summed E-state index contributed by atoms with van der Waals surface area (Å²) >= 11 is 1.50. The zero-order chi connectivity index (χ0) is 16.3. The predicted octanol–water partition coefficient (Wildman–Crippen LogP) is 1.44. The van der Waals surface area contributed by atoms with E-state index < -0.39 is 9.84 Å². The Balaban J connectivity index is 1.51. The van der Waals surface area contributed by atoms with E-state index in [1.807, 2.05) is 23.6 Å². The number of carbonyl (C=O) groups is 1. The minimum Gasteiger partial charge on any atom is -0.352 e. The lowest BCUT2D eigenvalue weighted by atomic mass is 10.2. The van der Waals surface area contributed by atoms with Crippen LogP contribution in [-0.4, -0.2) is 41.8 Å². The van der Waals surface area contributed by atoms with E-state index in [0.717, 1.165) is 16.4 Å². The molecule has 1 fully saturated rings. The number of hydrogen-bond acceptors (Lipinski definition) is 6. The number of thiazole rings is 1. The van der Waals surface area contributed by atoms with Crippen LogP contribution in [0.3, 0.4) is 0 Å². The molecule has 2 aromatic heterocycles. The number of pyridine rings is 1. The van der Waals surface area contributed by atoms with Gasteiger partial charge in [-0.2, -0.15) is 0 Å². The summed E-state index contributed by atoms with van der Waals surface area (Å²) in [7, 11) is -2.97. The topological polar surface area (TPSA) is 89.0 Å². The predicted molar refractivity (Wildman–Crippen MR) is 88.9 cm³/mol. The third-order valence-corrected chi connectivity index (χ3v) is 6.32. The second kappa shape index (κ2) is 6.76. The fourth-order valence-corrected chi connectivity index (χ4v) is 4.95. The van der Waals surface area contributed by atoms with Gasteiger partial charge in [-0.05, 0) is 18.6 Å². The molecule has 0 radical (unpaired) electrons. The first-order valence-corrected chi connectivity index (χ1v) is 10.1. The summed E-state index contributed by atoms with van der Waals surface area (Å²) < 4.78 is 22.7. The third kappa shape index (κ3) is 4.35. The average Bonchev–Trinajstić information content (AvgIpc) is 3.13. The van der Waals surface area contributed by atoms with E-state index in [-0.39, 0.29) is 23.5 Å². The largest absolute Gasteiger partial charge is 0.352 e. The summed E-state index contributed by atoms with van der Waals surface area (Å²) in [5, 5.41) is 5.59. The summed E-state index contributed by atoms with van der Waals surface area (Å²) in [4.78, 5) is 20.7. The first-order chi connectivity index (χ1) is 11.0. The van der Waals surface area contributed by atoms with Crippen molar-refractivity contribution < 1.29 is 13.2 Å². The van der Waals surface area contributed by atoms with E-state index in [1.165, 1.54) is 11.3 Å². The van der Waals surface area contributed by atoms with Gasteiger partial charge in [0.15, 0.2) is 9.84 Å². The van der Waals surface area contributed by atoms with Crippen molar-refractivity contribution in [2.75, 3.05) is 11.5 Å². The Hall–Kier alpha value is -1.80. The van der Waals surface area contributed by atoms with Gasteiger partial charge in [-0.3, -0.25) is 9.78 Å². The van der Waals surface area contributed by atoms with Crippen LogP contribution >= 0.6 is 11.3 Å². The molecule has 1 atom stereocenters. The number of carbonyl (C=O) groups excluding carboxylic acids is 1. The van der Waals surface area contributed by atoms with Gasteiger partial charge in [-0.15, -0.1) is 11.3 Å². The van der Waals surface area contributed by atoms with Gasteiger partial charge < -0.3 is 5.32 Å². The molecule has 8 heteroatoms. The number of nitrogens with one attached hydrogen (secondary N) is 1. The van der Waals surface area contributed by atoms with Crippen LogP contribution in [0.2, 0.25) is 0 Å². The fraction of sp³-hybridized carbons (Fsp3) is 0.400. The molecule has 1 aliphatic rings. The first-order valence-electron chi connectivity index (χ1n) is 7.37. The molecule has 0 aliphatic carbocycles. The third-order valence-electron chi connectivity index (χ3n) is 3.64. The normalized spacial score (nSPS) is 19.6. The maximum absolute atomic E-state index is 11.9. The lowest BCUT2D eigenvalue weighted by molar-refractivity contribution is -0.121. The molecule has 1 N–H and O–H groups in total. The van der Waals surface area contributed by atoms with Crippen molar-refractivity contribution in [1.82, 2.24) is 15.3 Å². The van der Waals surface area contributed by atoms with Gasteiger partial charge in [-0.25, -0.2) is 13.4 Å². The molecule has 1 amide bonds. The summed E-state index contributed by atoms with van der Waals surface area (Å²) in [6.45, 7) is 0. The zero-order valence-electron chi connectivity index (χ0n) is 12.4. The van der Waals surface area contributed by atoms with Crippen molar-refractivity contribution >= 4 is 27.1 Å². The molecular formula is C15H17N3O3S2. The van der Waals surface area contributed by atoms with Gasteiger partial charge in [0, 0.05) is 30.5 Å². The van der Waals surface area contributed by atoms with Crippen molar-refractivity contribution in [3.05, 3.63) is 34.8 Å². The molecule has 0 spiro atoms. The van der Waals surface area contributed by atoms with Gasteiger partial charge in [0.05, 0.1) is 27.9 Å². The summed E-state index contributed by atoms with van der Waals surface area (Å²) in [5.41, 5.74) is 1.63. The summed E-state index contributed by atoms with van der Waals surface area (Å²) in [6.07, 6.45) is 3.08. The lowest BCUT2D eigenvalue weighted by Gasteiger charge is -2.09. The highest BCUT2D eigenvalue weighted by atomic mass is 32.2. The van der Waals surface area contributed by atoms with Gasteiger partial charge in [0.25, 0.3) is 0 Å². The number of hydrogen-bond donors (Lipinski definition) is 1. The van der Waals surface area contributed by atoms with Crippen molar-refractivity contribution in [3.63, 3.8) is 0 Å². The van der Waals surface area contributed by atoms with Crippen molar-refractivity contribution in [3.8, 4) is 11.4 Å². The molecular weight excluding hydrogens is 334 g/mol. The van der Waals surface area contributed by atoms with Gasteiger partial charge in [0.2, 0.25) is 5.91 Å². The van der Waals surface area contributed by atoms with Crippen molar-refractivity contribution in [2.45, 2.75) is 25.3 Å². The number of aromatic nitrogens is 2. The molecule has 6 nitrogen and oxygen atoms in total. The summed E-state index contributed by atoms with van der Waals surface area (Å²) in [5.74, 6) is 0.0965. The highest BCUT2D eigenvalue weighted by Gasteiger charge is 2.28. The Kier molecular flexibility index (Phi) is 4.72. The Morgan fingerprint density at radius 3 is 2.91 bits per heavy atom. The average molecular weight is 351 g/mol. The smallest absolute Gasteiger partial charge is 0.220 e. The van der Waals surface area contributed by atoms with Gasteiger partial charge in [-0.1, -0.05) is 6.07 Å². The molecule has 1 aliphatic heterocycles. The maximum atomic E-state index is 11.9. The molecule has 0 saturated carbocycles.